The van der Waals surface area contributed by atoms with Crippen molar-refractivity contribution in [1.29, 1.82) is 0 Å². The van der Waals surface area contributed by atoms with Gasteiger partial charge in [0.25, 0.3) is 5.56 Å². The van der Waals surface area contributed by atoms with Crippen molar-refractivity contribution in [2.24, 2.45) is 0 Å². The molecule has 3 aromatic rings. The molecule has 3 rings (SSSR count). The number of benzene rings is 1. The Morgan fingerprint density at radius 3 is 2.96 bits per heavy atom. The minimum Gasteiger partial charge on any atom is -0.302 e. The molecule has 0 spiro atoms. The van der Waals surface area contributed by atoms with Gasteiger partial charge < -0.3 is 5.32 Å². The summed E-state index contributed by atoms with van der Waals surface area (Å²) >= 11 is 1.28. The van der Waals surface area contributed by atoms with Gasteiger partial charge in [0, 0.05) is 18.4 Å². The van der Waals surface area contributed by atoms with Crippen LogP contribution in [0, 0.1) is 12.7 Å². The summed E-state index contributed by atoms with van der Waals surface area (Å²) in [6.07, 6.45) is 1.37. The van der Waals surface area contributed by atoms with Gasteiger partial charge in [-0.25, -0.2) is 14.4 Å². The lowest BCUT2D eigenvalue weighted by molar-refractivity contribution is -0.114. The zero-order valence-corrected chi connectivity index (χ0v) is 13.3. The second-order valence-corrected chi connectivity index (χ2v) is 5.98. The van der Waals surface area contributed by atoms with Crippen LogP contribution < -0.4 is 10.9 Å². The maximum absolute atomic E-state index is 13.5. The summed E-state index contributed by atoms with van der Waals surface area (Å²) in [7, 11) is 0. The first-order valence-corrected chi connectivity index (χ1v) is 7.69. The number of anilines is 1. The van der Waals surface area contributed by atoms with Crippen molar-refractivity contribution in [2.45, 2.75) is 20.4 Å². The van der Waals surface area contributed by atoms with Crippen molar-refractivity contribution >= 4 is 33.3 Å². The molecule has 1 aromatic carbocycles. The first-order chi connectivity index (χ1) is 10.9. The smallest absolute Gasteiger partial charge is 0.261 e. The molecule has 0 saturated heterocycles. The van der Waals surface area contributed by atoms with Crippen molar-refractivity contribution in [1.82, 2.24) is 14.5 Å². The molecule has 0 aliphatic heterocycles. The summed E-state index contributed by atoms with van der Waals surface area (Å²) in [5, 5.41) is 5.20. The Labute approximate surface area is 134 Å². The molecule has 0 saturated carbocycles. The fourth-order valence-corrected chi connectivity index (χ4v) is 2.91. The van der Waals surface area contributed by atoms with Gasteiger partial charge in [0.15, 0.2) is 5.13 Å². The molecule has 0 radical (unpaired) electrons. The third kappa shape index (κ3) is 3.11. The number of nitrogens with one attached hydrogen (secondary N) is 1. The Morgan fingerprint density at radius 2 is 2.22 bits per heavy atom. The third-order valence-corrected chi connectivity index (χ3v) is 4.08. The normalized spacial score (nSPS) is 10.9. The molecular formula is C15H13FN4O2S. The van der Waals surface area contributed by atoms with E-state index in [0.717, 1.165) is 0 Å². The van der Waals surface area contributed by atoms with E-state index in [-0.39, 0.29) is 23.8 Å². The molecule has 0 aliphatic carbocycles. The van der Waals surface area contributed by atoms with Crippen LogP contribution in [-0.2, 0) is 11.3 Å². The van der Waals surface area contributed by atoms with E-state index >= 15 is 0 Å². The van der Waals surface area contributed by atoms with Crippen molar-refractivity contribution in [3.05, 3.63) is 51.3 Å². The van der Waals surface area contributed by atoms with Gasteiger partial charge in [0.05, 0.1) is 29.5 Å². The number of carbonyl (C=O) groups excluding carboxylic acids is 1. The average molecular weight is 332 g/mol. The summed E-state index contributed by atoms with van der Waals surface area (Å²) in [6, 6.07) is 2.76. The van der Waals surface area contributed by atoms with Crippen molar-refractivity contribution in [3.8, 4) is 0 Å². The largest absolute Gasteiger partial charge is 0.302 e. The molecule has 23 heavy (non-hydrogen) atoms. The molecule has 0 bridgehead atoms. The molecule has 0 aliphatic rings. The van der Waals surface area contributed by atoms with Gasteiger partial charge in [-0.05, 0) is 18.6 Å². The molecule has 0 atom stereocenters. The summed E-state index contributed by atoms with van der Waals surface area (Å²) in [6.45, 7) is 3.24. The predicted molar refractivity (Wildman–Crippen MR) is 86.2 cm³/mol. The van der Waals surface area contributed by atoms with Gasteiger partial charge >= 0.3 is 0 Å². The van der Waals surface area contributed by atoms with E-state index < -0.39 is 0 Å². The fourth-order valence-electron chi connectivity index (χ4n) is 2.16. The van der Waals surface area contributed by atoms with E-state index in [0.29, 0.717) is 27.3 Å². The number of nitrogens with zero attached hydrogens (tertiary/aromatic N) is 3. The minimum atomic E-state index is -0.387. The Kier molecular flexibility index (Phi) is 3.91. The zero-order valence-electron chi connectivity index (χ0n) is 12.5. The first kappa shape index (κ1) is 15.3. The minimum absolute atomic E-state index is 0.201. The Hall–Kier alpha value is -2.61. The van der Waals surface area contributed by atoms with Crippen LogP contribution >= 0.6 is 11.3 Å². The average Bonchev–Trinajstić information content (AvgIpc) is 2.91. The Morgan fingerprint density at radius 1 is 1.43 bits per heavy atom. The van der Waals surface area contributed by atoms with Gasteiger partial charge in [-0.1, -0.05) is 0 Å². The van der Waals surface area contributed by atoms with Gasteiger partial charge in [0.2, 0.25) is 5.91 Å². The summed E-state index contributed by atoms with van der Waals surface area (Å²) in [4.78, 5) is 31.8. The lowest BCUT2D eigenvalue weighted by Crippen LogP contribution is -2.21. The Bertz CT molecular complexity index is 964. The molecule has 118 valence electrons. The van der Waals surface area contributed by atoms with Crippen LogP contribution in [0.25, 0.3) is 10.9 Å². The van der Waals surface area contributed by atoms with Crippen LogP contribution in [0.3, 0.4) is 0 Å². The monoisotopic (exact) mass is 332 g/mol. The van der Waals surface area contributed by atoms with Gasteiger partial charge in [0.1, 0.15) is 5.82 Å². The molecule has 6 nitrogen and oxygen atoms in total. The molecule has 0 unspecified atom stereocenters. The highest BCUT2D eigenvalue weighted by Gasteiger charge is 2.10. The lowest BCUT2D eigenvalue weighted by Gasteiger charge is -2.06. The molecule has 2 heterocycles. The summed E-state index contributed by atoms with van der Waals surface area (Å²) in [5.41, 5.74) is 1.11. The number of thiazole rings is 1. The van der Waals surface area contributed by atoms with E-state index in [4.69, 9.17) is 0 Å². The number of amides is 1. The second-order valence-electron chi connectivity index (χ2n) is 5.12. The lowest BCUT2D eigenvalue weighted by atomic mass is 10.1. The topological polar surface area (TPSA) is 76.9 Å². The van der Waals surface area contributed by atoms with Gasteiger partial charge in [-0.3, -0.25) is 14.2 Å². The maximum atomic E-state index is 13.5. The number of aromatic nitrogens is 3. The van der Waals surface area contributed by atoms with E-state index in [2.05, 4.69) is 15.3 Å². The Balaban J connectivity index is 1.96. The van der Waals surface area contributed by atoms with E-state index in [1.165, 1.54) is 41.3 Å². The first-order valence-electron chi connectivity index (χ1n) is 6.81. The second kappa shape index (κ2) is 5.88. The number of hydrogen-bond acceptors (Lipinski definition) is 5. The summed E-state index contributed by atoms with van der Waals surface area (Å²) < 4.78 is 15.0. The third-order valence-electron chi connectivity index (χ3n) is 3.27. The number of fused-ring (bicyclic) bond motifs is 1. The van der Waals surface area contributed by atoms with E-state index in [1.54, 1.807) is 12.3 Å². The highest BCUT2D eigenvalue weighted by molar-refractivity contribution is 7.13. The SMILES string of the molecule is CC(=O)Nc1nc(Cn2cnc3cc(F)c(C)cc3c2=O)cs1. The van der Waals surface area contributed by atoms with Gasteiger partial charge in [-0.15, -0.1) is 11.3 Å². The molecule has 2 aromatic heterocycles. The number of aryl methyl sites for hydroxylation is 1. The molecule has 8 heteroatoms. The fraction of sp³-hybridized carbons (Fsp3) is 0.200. The summed E-state index contributed by atoms with van der Waals surface area (Å²) in [5.74, 6) is -0.588. The van der Waals surface area contributed by atoms with Crippen molar-refractivity contribution < 1.29 is 9.18 Å². The van der Waals surface area contributed by atoms with Crippen LogP contribution in [0.4, 0.5) is 9.52 Å². The van der Waals surface area contributed by atoms with Crippen LogP contribution in [0.5, 0.6) is 0 Å². The highest BCUT2D eigenvalue weighted by atomic mass is 32.1. The van der Waals surface area contributed by atoms with Crippen LogP contribution in [0.1, 0.15) is 18.2 Å². The predicted octanol–water partition coefficient (Wildman–Crippen LogP) is 2.31. The number of rotatable bonds is 3. The quantitative estimate of drug-likeness (QED) is 0.798. The van der Waals surface area contributed by atoms with Crippen LogP contribution in [0.2, 0.25) is 0 Å². The molecular weight excluding hydrogens is 319 g/mol. The van der Waals surface area contributed by atoms with Crippen molar-refractivity contribution in [3.63, 3.8) is 0 Å². The standard InChI is InChI=1S/C15H13FN4O2S/c1-8-3-11-13(4-12(8)16)17-7-20(14(11)22)5-10-6-23-15(19-10)18-9(2)21/h3-4,6-7H,5H2,1-2H3,(H,18,19,21). The zero-order chi connectivity index (χ0) is 16.6. The molecule has 0 fully saturated rings. The van der Waals surface area contributed by atoms with Crippen LogP contribution in [0.15, 0.2) is 28.6 Å². The van der Waals surface area contributed by atoms with Crippen molar-refractivity contribution in [2.75, 3.05) is 5.32 Å². The molecule has 1 amide bonds. The molecule has 1 N–H and O–H groups in total. The van der Waals surface area contributed by atoms with Crippen LogP contribution in [-0.4, -0.2) is 20.4 Å². The number of halogens is 1. The number of hydrogen-bond donors (Lipinski definition) is 1. The van der Waals surface area contributed by atoms with Gasteiger partial charge in [-0.2, -0.15) is 0 Å². The van der Waals surface area contributed by atoms with E-state index in [9.17, 15) is 14.0 Å². The number of carbonyl (C=O) groups is 1. The maximum Gasteiger partial charge on any atom is 0.261 e. The highest BCUT2D eigenvalue weighted by Crippen LogP contribution is 2.17. The van der Waals surface area contributed by atoms with E-state index in [1.807, 2.05) is 0 Å².